The summed E-state index contributed by atoms with van der Waals surface area (Å²) in [4.78, 5) is 2.42. The van der Waals surface area contributed by atoms with E-state index in [4.69, 9.17) is 0 Å². The fourth-order valence-electron chi connectivity index (χ4n) is 3.81. The van der Waals surface area contributed by atoms with Gasteiger partial charge in [-0.2, -0.15) is 0 Å². The molecule has 3 rings (SSSR count). The van der Waals surface area contributed by atoms with E-state index in [2.05, 4.69) is 93.1 Å². The SMILES string of the molecule is CCCCN(CCCC)CC(O)c1cc2cc(Br)ccc2c2cc(Br)ccc12. The van der Waals surface area contributed by atoms with E-state index in [0.717, 1.165) is 38.4 Å². The molecule has 0 fully saturated rings. The number of halogens is 2. The highest BCUT2D eigenvalue weighted by Crippen LogP contribution is 2.35. The summed E-state index contributed by atoms with van der Waals surface area (Å²) < 4.78 is 2.12. The zero-order valence-electron chi connectivity index (χ0n) is 16.7. The highest BCUT2D eigenvalue weighted by molar-refractivity contribution is 9.10. The van der Waals surface area contributed by atoms with Crippen molar-refractivity contribution in [1.82, 2.24) is 4.90 Å². The summed E-state index contributed by atoms with van der Waals surface area (Å²) in [5, 5.41) is 15.9. The van der Waals surface area contributed by atoms with Crippen LogP contribution in [0.2, 0.25) is 0 Å². The molecule has 150 valence electrons. The van der Waals surface area contributed by atoms with Crippen LogP contribution in [0.1, 0.15) is 51.2 Å². The van der Waals surface area contributed by atoms with Gasteiger partial charge in [-0.15, -0.1) is 0 Å². The van der Waals surface area contributed by atoms with Crippen LogP contribution in [-0.4, -0.2) is 29.6 Å². The van der Waals surface area contributed by atoms with Crippen molar-refractivity contribution in [3.8, 4) is 0 Å². The molecular formula is C24H29Br2NO. The number of rotatable bonds is 9. The van der Waals surface area contributed by atoms with Crippen LogP contribution < -0.4 is 0 Å². The van der Waals surface area contributed by atoms with E-state index in [1.165, 1.54) is 36.5 Å². The lowest BCUT2D eigenvalue weighted by Gasteiger charge is -2.26. The molecule has 0 aliphatic carbocycles. The van der Waals surface area contributed by atoms with Gasteiger partial charge in [0.15, 0.2) is 0 Å². The van der Waals surface area contributed by atoms with Crippen molar-refractivity contribution in [3.63, 3.8) is 0 Å². The van der Waals surface area contributed by atoms with Gasteiger partial charge in [0.1, 0.15) is 0 Å². The van der Waals surface area contributed by atoms with Gasteiger partial charge in [0.25, 0.3) is 0 Å². The fraction of sp³-hybridized carbons (Fsp3) is 0.417. The highest BCUT2D eigenvalue weighted by Gasteiger charge is 2.17. The van der Waals surface area contributed by atoms with E-state index in [9.17, 15) is 5.11 Å². The van der Waals surface area contributed by atoms with Crippen LogP contribution in [-0.2, 0) is 0 Å². The first-order valence-electron chi connectivity index (χ1n) is 10.2. The summed E-state index contributed by atoms with van der Waals surface area (Å²) in [6.07, 6.45) is 4.21. The lowest BCUT2D eigenvalue weighted by molar-refractivity contribution is 0.112. The molecule has 0 bridgehead atoms. The number of hydrogen-bond acceptors (Lipinski definition) is 2. The number of nitrogens with zero attached hydrogens (tertiary/aromatic N) is 1. The number of benzene rings is 3. The van der Waals surface area contributed by atoms with E-state index in [0.29, 0.717) is 6.54 Å². The van der Waals surface area contributed by atoms with Gasteiger partial charge in [0, 0.05) is 15.5 Å². The number of unbranched alkanes of at least 4 members (excludes halogenated alkanes) is 2. The van der Waals surface area contributed by atoms with Crippen molar-refractivity contribution in [1.29, 1.82) is 0 Å². The molecule has 0 spiro atoms. The van der Waals surface area contributed by atoms with E-state index >= 15 is 0 Å². The molecule has 2 nitrogen and oxygen atoms in total. The Balaban J connectivity index is 2.01. The second-order valence-electron chi connectivity index (χ2n) is 7.54. The van der Waals surface area contributed by atoms with Gasteiger partial charge in [-0.25, -0.2) is 0 Å². The van der Waals surface area contributed by atoms with E-state index in [1.807, 2.05) is 0 Å². The van der Waals surface area contributed by atoms with Crippen molar-refractivity contribution >= 4 is 53.4 Å². The standard InChI is InChI=1S/C24H29Br2NO/c1-3-5-11-27(12-6-4-2)16-24(28)23-14-17-13-18(25)7-9-20(17)22-15-19(26)8-10-21(22)23/h7-10,13-15,24,28H,3-6,11-12,16H2,1-2H3. The summed E-state index contributed by atoms with van der Waals surface area (Å²) in [6.45, 7) is 7.24. The van der Waals surface area contributed by atoms with Crippen LogP contribution in [0.25, 0.3) is 21.5 Å². The quantitative estimate of drug-likeness (QED) is 0.304. The molecule has 3 aromatic rings. The zero-order chi connectivity index (χ0) is 20.1. The Hall–Kier alpha value is -0.940. The molecule has 0 saturated heterocycles. The maximum absolute atomic E-state index is 11.2. The predicted molar refractivity (Wildman–Crippen MR) is 128 cm³/mol. The van der Waals surface area contributed by atoms with Crippen LogP contribution in [0.3, 0.4) is 0 Å². The molecule has 28 heavy (non-hydrogen) atoms. The predicted octanol–water partition coefficient (Wildman–Crippen LogP) is 7.45. The van der Waals surface area contributed by atoms with Crippen molar-refractivity contribution in [2.24, 2.45) is 0 Å². The van der Waals surface area contributed by atoms with Crippen LogP contribution in [0, 0.1) is 0 Å². The highest BCUT2D eigenvalue weighted by atomic mass is 79.9. The molecule has 0 heterocycles. The molecule has 4 heteroatoms. The zero-order valence-corrected chi connectivity index (χ0v) is 19.9. The summed E-state index contributed by atoms with van der Waals surface area (Å²) in [5.41, 5.74) is 1.02. The van der Waals surface area contributed by atoms with Crippen molar-refractivity contribution in [2.45, 2.75) is 45.6 Å². The van der Waals surface area contributed by atoms with Gasteiger partial charge in [-0.3, -0.25) is 0 Å². The Kier molecular flexibility index (Phi) is 7.93. The molecule has 0 radical (unpaired) electrons. The molecule has 3 aromatic carbocycles. The molecule has 0 aliphatic rings. The summed E-state index contributed by atoms with van der Waals surface area (Å²) in [5.74, 6) is 0. The molecule has 0 aromatic heterocycles. The molecule has 1 unspecified atom stereocenters. The van der Waals surface area contributed by atoms with Crippen molar-refractivity contribution < 1.29 is 5.11 Å². The first-order chi connectivity index (χ1) is 13.5. The molecular weight excluding hydrogens is 478 g/mol. The average Bonchev–Trinajstić information content (AvgIpc) is 2.68. The average molecular weight is 507 g/mol. The smallest absolute Gasteiger partial charge is 0.0923 e. The van der Waals surface area contributed by atoms with Crippen LogP contribution in [0.4, 0.5) is 0 Å². The van der Waals surface area contributed by atoms with Gasteiger partial charge in [-0.05, 0) is 83.4 Å². The molecule has 0 aliphatic heterocycles. The first kappa shape index (κ1) is 21.8. The van der Waals surface area contributed by atoms with Gasteiger partial charge in [0.05, 0.1) is 6.10 Å². The molecule has 0 amide bonds. The van der Waals surface area contributed by atoms with Crippen molar-refractivity contribution in [2.75, 3.05) is 19.6 Å². The molecule has 1 atom stereocenters. The molecule has 0 saturated carbocycles. The van der Waals surface area contributed by atoms with Gasteiger partial charge in [-0.1, -0.05) is 70.7 Å². The largest absolute Gasteiger partial charge is 0.387 e. The second-order valence-corrected chi connectivity index (χ2v) is 9.38. The number of aliphatic hydroxyl groups excluding tert-OH is 1. The maximum Gasteiger partial charge on any atom is 0.0923 e. The van der Waals surface area contributed by atoms with Crippen LogP contribution >= 0.6 is 31.9 Å². The Morgan fingerprint density at radius 3 is 2.07 bits per heavy atom. The third-order valence-corrected chi connectivity index (χ3v) is 6.34. The second kappa shape index (κ2) is 10.2. The third-order valence-electron chi connectivity index (χ3n) is 5.35. The number of fused-ring (bicyclic) bond motifs is 3. The summed E-state index contributed by atoms with van der Waals surface area (Å²) in [7, 11) is 0. The Morgan fingerprint density at radius 1 is 0.821 bits per heavy atom. The van der Waals surface area contributed by atoms with Crippen molar-refractivity contribution in [3.05, 3.63) is 57.0 Å². The lowest BCUT2D eigenvalue weighted by atomic mass is 9.94. The Morgan fingerprint density at radius 2 is 1.43 bits per heavy atom. The summed E-state index contributed by atoms with van der Waals surface area (Å²) in [6, 6.07) is 14.9. The first-order valence-corrected chi connectivity index (χ1v) is 11.8. The van der Waals surface area contributed by atoms with Gasteiger partial charge < -0.3 is 10.0 Å². The van der Waals surface area contributed by atoms with E-state index in [1.54, 1.807) is 0 Å². The topological polar surface area (TPSA) is 23.5 Å². The third kappa shape index (κ3) is 5.15. The Bertz CT molecular complexity index is 933. The molecule has 1 N–H and O–H groups in total. The van der Waals surface area contributed by atoms with Gasteiger partial charge >= 0.3 is 0 Å². The van der Waals surface area contributed by atoms with E-state index in [-0.39, 0.29) is 0 Å². The Labute approximate surface area is 185 Å². The normalized spacial score (nSPS) is 12.9. The van der Waals surface area contributed by atoms with Crippen LogP contribution in [0.15, 0.2) is 51.4 Å². The summed E-state index contributed by atoms with van der Waals surface area (Å²) >= 11 is 7.20. The minimum absolute atomic E-state index is 0.499. The van der Waals surface area contributed by atoms with Gasteiger partial charge in [0.2, 0.25) is 0 Å². The fourth-order valence-corrected chi connectivity index (χ4v) is 4.55. The minimum atomic E-state index is -0.499. The number of hydrogen-bond donors (Lipinski definition) is 1. The number of aliphatic hydroxyl groups is 1. The maximum atomic E-state index is 11.2. The van der Waals surface area contributed by atoms with E-state index < -0.39 is 6.10 Å². The minimum Gasteiger partial charge on any atom is -0.387 e. The monoisotopic (exact) mass is 505 g/mol. The lowest BCUT2D eigenvalue weighted by Crippen LogP contribution is -2.30. The van der Waals surface area contributed by atoms with Crippen LogP contribution in [0.5, 0.6) is 0 Å².